The van der Waals surface area contributed by atoms with E-state index in [4.69, 9.17) is 5.26 Å². The van der Waals surface area contributed by atoms with Crippen LogP contribution >= 0.6 is 0 Å². The first-order chi connectivity index (χ1) is 12.9. The quantitative estimate of drug-likeness (QED) is 0.591. The maximum Gasteiger partial charge on any atom is 0.234 e. The van der Waals surface area contributed by atoms with Crippen molar-refractivity contribution in [2.45, 2.75) is 26.4 Å². The van der Waals surface area contributed by atoms with Gasteiger partial charge in [0.2, 0.25) is 5.91 Å². The molecular weight excluding hydrogens is 347 g/mol. The Hall–Kier alpha value is -2.66. The molecule has 1 aromatic carbocycles. The highest BCUT2D eigenvalue weighted by molar-refractivity contribution is 5.80. The molecule has 1 fully saturated rings. The van der Waals surface area contributed by atoms with Gasteiger partial charge in [0.15, 0.2) is 5.96 Å². The van der Waals surface area contributed by atoms with Crippen molar-refractivity contribution < 1.29 is 9.18 Å². The molecular formula is C19H27FN6O. The number of hydrogen-bond donors (Lipinski definition) is 2. The summed E-state index contributed by atoms with van der Waals surface area (Å²) in [6.07, 6.45) is 0. The van der Waals surface area contributed by atoms with E-state index in [2.05, 4.69) is 25.4 Å². The first-order valence-electron chi connectivity index (χ1n) is 9.08. The summed E-state index contributed by atoms with van der Waals surface area (Å²) in [7, 11) is 1.69. The van der Waals surface area contributed by atoms with E-state index < -0.39 is 0 Å². The molecule has 1 saturated heterocycles. The van der Waals surface area contributed by atoms with Gasteiger partial charge in [0.25, 0.3) is 0 Å². The minimum Gasteiger partial charge on any atom is -0.353 e. The number of aliphatic imine (C=N–C) groups is 1. The fourth-order valence-corrected chi connectivity index (χ4v) is 2.97. The first-order valence-corrected chi connectivity index (χ1v) is 9.08. The third-order valence-electron chi connectivity index (χ3n) is 4.31. The molecule has 7 nitrogen and oxygen atoms in total. The van der Waals surface area contributed by atoms with Gasteiger partial charge in [-0.3, -0.25) is 14.7 Å². The highest BCUT2D eigenvalue weighted by atomic mass is 19.1. The Morgan fingerprint density at radius 2 is 2.04 bits per heavy atom. The Morgan fingerprint density at radius 1 is 1.33 bits per heavy atom. The average molecular weight is 374 g/mol. The molecule has 0 unspecified atom stereocenters. The third kappa shape index (κ3) is 6.22. The molecule has 0 spiro atoms. The molecule has 2 rings (SSSR count). The van der Waals surface area contributed by atoms with Crippen LogP contribution in [0.25, 0.3) is 0 Å². The average Bonchev–Trinajstić information content (AvgIpc) is 2.64. The number of piperazine rings is 1. The Labute approximate surface area is 159 Å². The summed E-state index contributed by atoms with van der Waals surface area (Å²) in [5, 5.41) is 15.0. The van der Waals surface area contributed by atoms with Crippen LogP contribution in [0.3, 0.4) is 0 Å². The van der Waals surface area contributed by atoms with Gasteiger partial charge >= 0.3 is 0 Å². The van der Waals surface area contributed by atoms with Crippen molar-refractivity contribution >= 4 is 11.9 Å². The summed E-state index contributed by atoms with van der Waals surface area (Å²) in [6.45, 7) is 7.51. The van der Waals surface area contributed by atoms with Crippen molar-refractivity contribution in [1.82, 2.24) is 20.4 Å². The molecule has 0 radical (unpaired) electrons. The Kier molecular flexibility index (Phi) is 7.55. The number of nitriles is 1. The molecule has 0 aromatic heterocycles. The minimum atomic E-state index is -0.349. The number of hydrogen-bond acceptors (Lipinski definition) is 4. The van der Waals surface area contributed by atoms with Crippen LogP contribution < -0.4 is 10.6 Å². The van der Waals surface area contributed by atoms with Crippen LogP contribution in [0.4, 0.5) is 4.39 Å². The lowest BCUT2D eigenvalue weighted by Gasteiger charge is -2.36. The van der Waals surface area contributed by atoms with Crippen molar-refractivity contribution in [3.8, 4) is 6.07 Å². The zero-order chi connectivity index (χ0) is 19.8. The number of carbonyl (C=O) groups is 1. The van der Waals surface area contributed by atoms with Gasteiger partial charge in [-0.2, -0.15) is 5.26 Å². The van der Waals surface area contributed by atoms with Gasteiger partial charge in [-0.05, 0) is 32.0 Å². The second-order valence-electron chi connectivity index (χ2n) is 6.80. The topological polar surface area (TPSA) is 83.8 Å². The van der Waals surface area contributed by atoms with Crippen LogP contribution in [-0.2, 0) is 11.3 Å². The maximum atomic E-state index is 13.9. The van der Waals surface area contributed by atoms with E-state index in [1.54, 1.807) is 13.1 Å². The fourth-order valence-electron chi connectivity index (χ4n) is 2.97. The van der Waals surface area contributed by atoms with Gasteiger partial charge in [0.1, 0.15) is 5.82 Å². The molecule has 1 aromatic rings. The highest BCUT2D eigenvalue weighted by Gasteiger charge is 2.21. The normalized spacial score (nSPS) is 15.6. The number of guanidine groups is 1. The van der Waals surface area contributed by atoms with Gasteiger partial charge in [0, 0.05) is 51.4 Å². The number of carbonyl (C=O) groups excluding carboxylic acids is 1. The molecule has 8 heteroatoms. The van der Waals surface area contributed by atoms with Crippen LogP contribution in [-0.4, -0.2) is 67.5 Å². The summed E-state index contributed by atoms with van der Waals surface area (Å²) in [5.74, 6) is 0.370. The monoisotopic (exact) mass is 374 g/mol. The summed E-state index contributed by atoms with van der Waals surface area (Å²) in [4.78, 5) is 20.3. The number of nitrogens with zero attached hydrogens (tertiary/aromatic N) is 4. The van der Waals surface area contributed by atoms with Crippen molar-refractivity contribution in [3.05, 3.63) is 35.1 Å². The smallest absolute Gasteiger partial charge is 0.234 e. The highest BCUT2D eigenvalue weighted by Crippen LogP contribution is 2.10. The van der Waals surface area contributed by atoms with Crippen LogP contribution in [0.2, 0.25) is 0 Å². The van der Waals surface area contributed by atoms with Crippen LogP contribution in [0.5, 0.6) is 0 Å². The van der Waals surface area contributed by atoms with Crippen molar-refractivity contribution in [2.24, 2.45) is 4.99 Å². The molecule has 1 aliphatic rings. The van der Waals surface area contributed by atoms with E-state index in [1.165, 1.54) is 12.1 Å². The molecule has 146 valence electrons. The first kappa shape index (κ1) is 20.6. The standard InChI is InChI=1S/C19H27FN6O/c1-14(2)24-18(27)13-25-6-8-26(9-7-25)19(22-3)23-12-16-10-15(11-21)4-5-17(16)20/h4-5,10,14H,6-9,12-13H2,1-3H3,(H,22,23)(H,24,27). The molecule has 1 amide bonds. The molecule has 27 heavy (non-hydrogen) atoms. The summed E-state index contributed by atoms with van der Waals surface area (Å²) < 4.78 is 13.9. The lowest BCUT2D eigenvalue weighted by Crippen LogP contribution is -2.54. The number of amides is 1. The summed E-state index contributed by atoms with van der Waals surface area (Å²) >= 11 is 0. The van der Waals surface area contributed by atoms with E-state index in [0.717, 1.165) is 26.2 Å². The van der Waals surface area contributed by atoms with Crippen molar-refractivity contribution in [1.29, 1.82) is 5.26 Å². The van der Waals surface area contributed by atoms with E-state index in [1.807, 2.05) is 19.9 Å². The van der Waals surface area contributed by atoms with Gasteiger partial charge < -0.3 is 15.5 Å². The van der Waals surface area contributed by atoms with Crippen molar-refractivity contribution in [3.63, 3.8) is 0 Å². The number of benzene rings is 1. The summed E-state index contributed by atoms with van der Waals surface area (Å²) in [5.41, 5.74) is 0.857. The second kappa shape index (κ2) is 9.88. The van der Waals surface area contributed by atoms with Crippen LogP contribution in [0, 0.1) is 17.1 Å². The molecule has 2 N–H and O–H groups in total. The maximum absolute atomic E-state index is 13.9. The zero-order valence-electron chi connectivity index (χ0n) is 16.1. The lowest BCUT2D eigenvalue weighted by molar-refractivity contribution is -0.123. The van der Waals surface area contributed by atoms with Gasteiger partial charge in [0.05, 0.1) is 18.2 Å². The van der Waals surface area contributed by atoms with Crippen LogP contribution in [0.15, 0.2) is 23.2 Å². The van der Waals surface area contributed by atoms with Gasteiger partial charge in [-0.1, -0.05) is 0 Å². The van der Waals surface area contributed by atoms with Gasteiger partial charge in [-0.15, -0.1) is 0 Å². The van der Waals surface area contributed by atoms with Crippen LogP contribution in [0.1, 0.15) is 25.0 Å². The Bertz CT molecular complexity index is 719. The molecule has 1 heterocycles. The fraction of sp³-hybridized carbons (Fsp3) is 0.526. The number of halogens is 1. The zero-order valence-corrected chi connectivity index (χ0v) is 16.1. The molecule has 0 saturated carbocycles. The van der Waals surface area contributed by atoms with Gasteiger partial charge in [-0.25, -0.2) is 4.39 Å². The van der Waals surface area contributed by atoms with E-state index in [-0.39, 0.29) is 24.3 Å². The second-order valence-corrected chi connectivity index (χ2v) is 6.80. The van der Waals surface area contributed by atoms with Crippen molar-refractivity contribution in [2.75, 3.05) is 39.8 Å². The number of nitrogens with one attached hydrogen (secondary N) is 2. The summed E-state index contributed by atoms with van der Waals surface area (Å²) in [6, 6.07) is 6.47. The molecule has 0 atom stereocenters. The predicted octanol–water partition coefficient (Wildman–Crippen LogP) is 0.915. The van der Waals surface area contributed by atoms with E-state index >= 15 is 0 Å². The Morgan fingerprint density at radius 3 is 2.63 bits per heavy atom. The largest absolute Gasteiger partial charge is 0.353 e. The lowest BCUT2D eigenvalue weighted by atomic mass is 10.1. The third-order valence-corrected chi connectivity index (χ3v) is 4.31. The molecule has 1 aliphatic heterocycles. The van der Waals surface area contributed by atoms with E-state index in [0.29, 0.717) is 23.6 Å². The SMILES string of the molecule is CN=C(NCc1cc(C#N)ccc1F)N1CCN(CC(=O)NC(C)C)CC1. The molecule has 0 bridgehead atoms. The van der Waals surface area contributed by atoms with E-state index in [9.17, 15) is 9.18 Å². The number of rotatable bonds is 5. The predicted molar refractivity (Wildman–Crippen MR) is 103 cm³/mol. The molecule has 0 aliphatic carbocycles. The minimum absolute atomic E-state index is 0.0359. The Balaban J connectivity index is 1.85.